The number of aliphatic carboxylic acids is 1. The van der Waals surface area contributed by atoms with Gasteiger partial charge in [0.2, 0.25) is 0 Å². The first-order valence-electron chi connectivity index (χ1n) is 35.6. The number of rotatable bonds is 66. The average Bonchev–Trinajstić information content (AvgIpc) is 3.52. The van der Waals surface area contributed by atoms with Crippen molar-refractivity contribution in [1.82, 2.24) is 0 Å². The molecule has 0 amide bonds. The van der Waals surface area contributed by atoms with E-state index in [1.165, 1.54) is 199 Å². The van der Waals surface area contributed by atoms with Crippen LogP contribution >= 0.6 is 0 Å². The zero-order valence-electron chi connectivity index (χ0n) is 55.8. The molecule has 2 unspecified atom stereocenters. The standard InChI is InChI=1S/C75H135NO8/c1-6-8-10-12-14-16-18-20-22-24-26-28-30-32-33-34-35-36-37-38-39-40-42-43-45-47-49-51-53-55-57-59-61-63-65-72(77)82-69-71(70-83-75(74(79)80)81-68-67-76(3,4)5)84-73(78)66-64-62-60-58-56-54-52-50-48-46-44-41-31-29-27-25-23-21-19-17-15-13-11-9-7-2/h9,11,15,17,21,23,27,29,41,44,48,50,71,75H,6-8,10,12-14,16,18-20,22,24-26,28,30-40,42-43,45-47,49,51-70H2,1-5H3/b11-9-,17-15-,23-21-,29-27-,44-41-,50-48-. The summed E-state index contributed by atoms with van der Waals surface area (Å²) in [4.78, 5) is 37.5. The highest BCUT2D eigenvalue weighted by atomic mass is 16.7. The zero-order valence-corrected chi connectivity index (χ0v) is 55.8. The molecule has 2 atom stereocenters. The fourth-order valence-electron chi connectivity index (χ4n) is 10.3. The fourth-order valence-corrected chi connectivity index (χ4v) is 10.3. The Hall–Kier alpha value is -3.27. The number of hydrogen-bond donors (Lipinski definition) is 0. The first-order valence-corrected chi connectivity index (χ1v) is 35.6. The minimum absolute atomic E-state index is 0.143. The number of likely N-dealkylation sites (N-methyl/N-ethyl adjacent to an activating group) is 1. The highest BCUT2D eigenvalue weighted by Gasteiger charge is 2.22. The molecule has 9 heteroatoms. The number of ether oxygens (including phenoxy) is 4. The van der Waals surface area contributed by atoms with E-state index in [4.69, 9.17) is 18.9 Å². The zero-order chi connectivity index (χ0) is 61.2. The SMILES string of the molecule is CC/C=C\C/C=C\C/C=C\C/C=C\C/C=C\C/C=C\CCCCCCCCC(=O)OC(COC(=O)CCCCCCCCCCCCCCCCCCCCCCCCCCCCCCCCCCCC)COC(OCC[N+](C)(C)C)C(=O)[O-]. The van der Waals surface area contributed by atoms with Crippen LogP contribution in [0.1, 0.15) is 328 Å². The molecule has 0 saturated carbocycles. The first-order chi connectivity index (χ1) is 41.1. The molecule has 488 valence electrons. The van der Waals surface area contributed by atoms with E-state index < -0.39 is 24.3 Å². The van der Waals surface area contributed by atoms with Crippen molar-refractivity contribution in [2.45, 2.75) is 341 Å². The maximum absolute atomic E-state index is 12.9. The van der Waals surface area contributed by atoms with Gasteiger partial charge >= 0.3 is 11.9 Å². The molecule has 0 aliphatic carbocycles. The lowest BCUT2D eigenvalue weighted by molar-refractivity contribution is -0.870. The minimum Gasteiger partial charge on any atom is -0.545 e. The largest absolute Gasteiger partial charge is 0.545 e. The molecule has 0 rings (SSSR count). The van der Waals surface area contributed by atoms with Gasteiger partial charge in [0.05, 0.1) is 40.3 Å². The van der Waals surface area contributed by atoms with Gasteiger partial charge in [-0.1, -0.05) is 324 Å². The number of carbonyl (C=O) groups is 3. The highest BCUT2D eigenvalue weighted by molar-refractivity contribution is 5.70. The van der Waals surface area contributed by atoms with Crippen molar-refractivity contribution >= 4 is 17.9 Å². The van der Waals surface area contributed by atoms with Crippen molar-refractivity contribution in [2.24, 2.45) is 0 Å². The molecule has 0 radical (unpaired) electrons. The van der Waals surface area contributed by atoms with Crippen LogP contribution < -0.4 is 5.11 Å². The Morgan fingerprint density at radius 1 is 0.369 bits per heavy atom. The predicted molar refractivity (Wildman–Crippen MR) is 357 cm³/mol. The van der Waals surface area contributed by atoms with Gasteiger partial charge in [0.25, 0.3) is 0 Å². The van der Waals surface area contributed by atoms with Gasteiger partial charge in [0, 0.05) is 12.8 Å². The summed E-state index contributed by atoms with van der Waals surface area (Å²) >= 11 is 0. The third kappa shape index (κ3) is 66.3. The van der Waals surface area contributed by atoms with Gasteiger partial charge in [-0.15, -0.1) is 0 Å². The molecule has 0 spiro atoms. The first kappa shape index (κ1) is 80.7. The number of quaternary nitrogens is 1. The van der Waals surface area contributed by atoms with Gasteiger partial charge in [-0.3, -0.25) is 9.59 Å². The van der Waals surface area contributed by atoms with Crippen molar-refractivity contribution < 1.29 is 42.9 Å². The van der Waals surface area contributed by atoms with Gasteiger partial charge < -0.3 is 33.3 Å². The Morgan fingerprint density at radius 2 is 0.679 bits per heavy atom. The van der Waals surface area contributed by atoms with Crippen LogP contribution in [0.4, 0.5) is 0 Å². The summed E-state index contributed by atoms with van der Waals surface area (Å²) in [6.07, 6.45) is 84.3. The van der Waals surface area contributed by atoms with Crippen LogP contribution in [-0.4, -0.2) is 82.3 Å². The third-order valence-electron chi connectivity index (χ3n) is 15.7. The summed E-state index contributed by atoms with van der Waals surface area (Å²) in [7, 11) is 5.93. The second-order valence-electron chi connectivity index (χ2n) is 25.2. The maximum Gasteiger partial charge on any atom is 0.306 e. The topological polar surface area (TPSA) is 111 Å². The van der Waals surface area contributed by atoms with E-state index in [1.54, 1.807) is 0 Å². The molecule has 0 aromatic rings. The van der Waals surface area contributed by atoms with Crippen LogP contribution in [0.15, 0.2) is 72.9 Å². The normalized spacial score (nSPS) is 13.1. The lowest BCUT2D eigenvalue weighted by Gasteiger charge is -2.26. The summed E-state index contributed by atoms with van der Waals surface area (Å²) < 4.78 is 22.8. The lowest BCUT2D eigenvalue weighted by Crippen LogP contribution is -2.44. The Bertz CT molecular complexity index is 1610. The molecule has 84 heavy (non-hydrogen) atoms. The van der Waals surface area contributed by atoms with E-state index in [2.05, 4.69) is 86.8 Å². The number of carboxylic acids is 1. The summed E-state index contributed by atoms with van der Waals surface area (Å²) in [5.74, 6) is -2.29. The Labute approximate surface area is 519 Å². The monoisotopic (exact) mass is 1180 g/mol. The number of hydrogen-bond acceptors (Lipinski definition) is 8. The predicted octanol–water partition coefficient (Wildman–Crippen LogP) is 20.7. The fraction of sp³-hybridized carbons (Fsp3) is 0.800. The number of nitrogens with zero attached hydrogens (tertiary/aromatic N) is 1. The van der Waals surface area contributed by atoms with E-state index >= 15 is 0 Å². The molecule has 0 heterocycles. The van der Waals surface area contributed by atoms with Gasteiger partial charge in [0.1, 0.15) is 13.2 Å². The van der Waals surface area contributed by atoms with Crippen LogP contribution in [-0.2, 0) is 33.3 Å². The Kier molecular flexibility index (Phi) is 63.1. The second kappa shape index (κ2) is 65.7. The smallest absolute Gasteiger partial charge is 0.306 e. The Balaban J connectivity index is 4.07. The molecule has 9 nitrogen and oxygen atoms in total. The quantitative estimate of drug-likeness (QED) is 0.0195. The number of unbranched alkanes of at least 4 members (excludes halogenated alkanes) is 39. The summed E-state index contributed by atoms with van der Waals surface area (Å²) in [6, 6.07) is 0. The van der Waals surface area contributed by atoms with Crippen LogP contribution in [0.3, 0.4) is 0 Å². The molecule has 0 N–H and O–H groups in total. The van der Waals surface area contributed by atoms with Gasteiger partial charge in [-0.05, 0) is 64.2 Å². The highest BCUT2D eigenvalue weighted by Crippen LogP contribution is 2.18. The van der Waals surface area contributed by atoms with E-state index in [9.17, 15) is 19.5 Å². The van der Waals surface area contributed by atoms with Crippen LogP contribution in [0.2, 0.25) is 0 Å². The van der Waals surface area contributed by atoms with Crippen LogP contribution in [0.25, 0.3) is 0 Å². The van der Waals surface area contributed by atoms with E-state index in [1.807, 2.05) is 21.1 Å². The third-order valence-corrected chi connectivity index (χ3v) is 15.7. The summed E-state index contributed by atoms with van der Waals surface area (Å²) in [6.45, 7) is 4.66. The number of carboxylic acid groups (broad SMARTS) is 1. The molecule has 0 aromatic heterocycles. The summed E-state index contributed by atoms with van der Waals surface area (Å²) in [5.41, 5.74) is 0. The minimum atomic E-state index is -1.63. The van der Waals surface area contributed by atoms with Crippen LogP contribution in [0, 0.1) is 0 Å². The maximum atomic E-state index is 12.9. The Morgan fingerprint density at radius 3 is 1.01 bits per heavy atom. The number of esters is 2. The van der Waals surface area contributed by atoms with E-state index in [0.29, 0.717) is 23.9 Å². The van der Waals surface area contributed by atoms with Crippen LogP contribution in [0.5, 0.6) is 0 Å². The van der Waals surface area contributed by atoms with Gasteiger partial charge in [-0.2, -0.15) is 0 Å². The van der Waals surface area contributed by atoms with Crippen molar-refractivity contribution in [1.29, 1.82) is 0 Å². The second-order valence-corrected chi connectivity index (χ2v) is 25.2. The lowest BCUT2D eigenvalue weighted by atomic mass is 10.0. The number of carbonyl (C=O) groups excluding carboxylic acids is 3. The van der Waals surface area contributed by atoms with Crippen molar-refractivity contribution in [3.05, 3.63) is 72.9 Å². The van der Waals surface area contributed by atoms with E-state index in [-0.39, 0.29) is 32.2 Å². The molecule has 0 fully saturated rings. The van der Waals surface area contributed by atoms with Gasteiger partial charge in [0.15, 0.2) is 12.4 Å². The van der Waals surface area contributed by atoms with Crippen molar-refractivity contribution in [3.8, 4) is 0 Å². The number of allylic oxidation sites excluding steroid dienone is 12. The van der Waals surface area contributed by atoms with Crippen molar-refractivity contribution in [2.75, 3.05) is 47.5 Å². The molecule has 0 bridgehead atoms. The molecule has 0 saturated heterocycles. The molecular weight excluding hydrogens is 1040 g/mol. The average molecular weight is 1180 g/mol. The van der Waals surface area contributed by atoms with E-state index in [0.717, 1.165) is 96.3 Å². The molecule has 0 aromatic carbocycles. The van der Waals surface area contributed by atoms with Crippen molar-refractivity contribution in [3.63, 3.8) is 0 Å². The molecule has 0 aliphatic heterocycles. The molecule has 0 aliphatic rings. The van der Waals surface area contributed by atoms with Gasteiger partial charge in [-0.25, -0.2) is 0 Å². The summed E-state index contributed by atoms with van der Waals surface area (Å²) in [5, 5.41) is 11.8. The molecular formula is C75H135NO8.